The van der Waals surface area contributed by atoms with Gasteiger partial charge in [-0.15, -0.1) is 0 Å². The maximum Gasteiger partial charge on any atom is 0.335 e. The van der Waals surface area contributed by atoms with E-state index in [1.54, 1.807) is 6.92 Å². The predicted octanol–water partition coefficient (Wildman–Crippen LogP) is 2.22. The number of aromatic carboxylic acids is 1. The van der Waals surface area contributed by atoms with Crippen molar-refractivity contribution in [2.75, 3.05) is 5.75 Å². The molecule has 0 atom stereocenters. The van der Waals surface area contributed by atoms with Crippen LogP contribution < -0.4 is 0 Å². The van der Waals surface area contributed by atoms with E-state index in [1.807, 2.05) is 0 Å². The molecule has 1 rings (SSSR count). The Morgan fingerprint density at radius 3 is 2.56 bits per heavy atom. The first-order chi connectivity index (χ1) is 7.38. The number of hydrogen-bond acceptors (Lipinski definition) is 3. The van der Waals surface area contributed by atoms with Crippen LogP contribution in [0.5, 0.6) is 0 Å². The first-order valence-corrected chi connectivity index (χ1v) is 6.67. The van der Waals surface area contributed by atoms with Crippen molar-refractivity contribution < 1.29 is 18.3 Å². The normalized spacial score (nSPS) is 11.4. The maximum atomic E-state index is 11.8. The lowest BCUT2D eigenvalue weighted by molar-refractivity contribution is 0.0696. The Morgan fingerprint density at radius 1 is 1.44 bits per heavy atom. The van der Waals surface area contributed by atoms with E-state index in [0.29, 0.717) is 6.42 Å². The number of rotatable bonds is 4. The van der Waals surface area contributed by atoms with Crippen LogP contribution in [0.1, 0.15) is 23.7 Å². The zero-order valence-electron chi connectivity index (χ0n) is 8.60. The Kier molecular flexibility index (Phi) is 3.93. The highest BCUT2D eigenvalue weighted by Crippen LogP contribution is 2.24. The van der Waals surface area contributed by atoms with Crippen molar-refractivity contribution in [1.82, 2.24) is 0 Å². The van der Waals surface area contributed by atoms with Crippen molar-refractivity contribution in [3.05, 3.63) is 28.8 Å². The average molecular weight is 263 g/mol. The van der Waals surface area contributed by atoms with Crippen LogP contribution >= 0.6 is 11.6 Å². The summed E-state index contributed by atoms with van der Waals surface area (Å²) in [5.74, 6) is -1.22. The van der Waals surface area contributed by atoms with Gasteiger partial charge in [-0.25, -0.2) is 13.2 Å². The molecule has 1 aromatic carbocycles. The smallest absolute Gasteiger partial charge is 0.335 e. The first kappa shape index (κ1) is 13.0. The fourth-order valence-electron chi connectivity index (χ4n) is 1.25. The lowest BCUT2D eigenvalue weighted by atomic mass is 10.2. The van der Waals surface area contributed by atoms with Crippen LogP contribution in [0.4, 0.5) is 0 Å². The van der Waals surface area contributed by atoms with Crippen molar-refractivity contribution in [3.8, 4) is 0 Å². The van der Waals surface area contributed by atoms with Crippen LogP contribution in [0.15, 0.2) is 23.1 Å². The van der Waals surface area contributed by atoms with Crippen LogP contribution in [-0.4, -0.2) is 25.2 Å². The Labute approximate surface area is 98.8 Å². The first-order valence-electron chi connectivity index (χ1n) is 4.64. The SMILES string of the molecule is CCCS(=O)(=O)c1cc(C(=O)O)ccc1Cl. The van der Waals surface area contributed by atoms with Gasteiger partial charge in [0.25, 0.3) is 0 Å². The highest BCUT2D eigenvalue weighted by Gasteiger charge is 2.19. The summed E-state index contributed by atoms with van der Waals surface area (Å²) in [7, 11) is -3.49. The molecule has 0 aliphatic rings. The molecule has 0 aliphatic carbocycles. The topological polar surface area (TPSA) is 71.4 Å². The second kappa shape index (κ2) is 4.84. The van der Waals surface area contributed by atoms with E-state index in [4.69, 9.17) is 16.7 Å². The molecule has 88 valence electrons. The molecule has 6 heteroatoms. The van der Waals surface area contributed by atoms with Crippen molar-refractivity contribution in [3.63, 3.8) is 0 Å². The molecule has 16 heavy (non-hydrogen) atoms. The molecule has 1 aromatic rings. The quantitative estimate of drug-likeness (QED) is 0.903. The molecule has 0 spiro atoms. The third kappa shape index (κ3) is 2.74. The van der Waals surface area contributed by atoms with E-state index in [2.05, 4.69) is 0 Å². The van der Waals surface area contributed by atoms with Gasteiger partial charge < -0.3 is 5.11 Å². The van der Waals surface area contributed by atoms with Crippen molar-refractivity contribution in [1.29, 1.82) is 0 Å². The molecule has 0 aromatic heterocycles. The van der Waals surface area contributed by atoms with Gasteiger partial charge in [0.05, 0.1) is 21.2 Å². The van der Waals surface area contributed by atoms with Gasteiger partial charge in [0.15, 0.2) is 9.84 Å². The van der Waals surface area contributed by atoms with Gasteiger partial charge in [-0.2, -0.15) is 0 Å². The number of carboxylic acids is 1. The molecule has 0 bridgehead atoms. The van der Waals surface area contributed by atoms with Gasteiger partial charge in [0, 0.05) is 0 Å². The van der Waals surface area contributed by atoms with E-state index < -0.39 is 15.8 Å². The molecule has 1 N–H and O–H groups in total. The van der Waals surface area contributed by atoms with Gasteiger partial charge in [-0.1, -0.05) is 18.5 Å². The number of sulfone groups is 1. The summed E-state index contributed by atoms with van der Waals surface area (Å²) in [4.78, 5) is 10.6. The second-order valence-corrected chi connectivity index (χ2v) is 5.75. The Morgan fingerprint density at radius 2 is 2.06 bits per heavy atom. The average Bonchev–Trinajstić information content (AvgIpc) is 2.17. The summed E-state index contributed by atoms with van der Waals surface area (Å²) >= 11 is 5.75. The molecule has 0 fully saturated rings. The second-order valence-electron chi connectivity index (χ2n) is 3.27. The molecule has 0 radical (unpaired) electrons. The Hall–Kier alpha value is -1.07. The van der Waals surface area contributed by atoms with E-state index in [9.17, 15) is 13.2 Å². The summed E-state index contributed by atoms with van der Waals surface area (Å²) in [5, 5.41) is 8.81. The monoisotopic (exact) mass is 262 g/mol. The summed E-state index contributed by atoms with van der Waals surface area (Å²) in [6.07, 6.45) is 0.454. The molecule has 0 unspecified atom stereocenters. The van der Waals surface area contributed by atoms with E-state index in [-0.39, 0.29) is 21.2 Å². The summed E-state index contributed by atoms with van der Waals surface area (Å²) in [6, 6.07) is 3.65. The van der Waals surface area contributed by atoms with Crippen LogP contribution in [0.25, 0.3) is 0 Å². The molecule has 0 saturated heterocycles. The standard InChI is InChI=1S/C10H11ClO4S/c1-2-5-16(14,15)9-6-7(10(12)13)3-4-8(9)11/h3-4,6H,2,5H2,1H3,(H,12,13). The van der Waals surface area contributed by atoms with Crippen LogP contribution in [-0.2, 0) is 9.84 Å². The Balaban J connectivity index is 3.33. The molecular weight excluding hydrogens is 252 g/mol. The zero-order chi connectivity index (χ0) is 12.3. The van der Waals surface area contributed by atoms with Gasteiger partial charge in [0.2, 0.25) is 0 Å². The van der Waals surface area contributed by atoms with E-state index >= 15 is 0 Å². The minimum absolute atomic E-state index is 0.0458. The number of carbonyl (C=O) groups is 1. The van der Waals surface area contributed by atoms with Gasteiger partial charge in [-0.05, 0) is 24.6 Å². The van der Waals surface area contributed by atoms with Crippen LogP contribution in [0, 0.1) is 0 Å². The van der Waals surface area contributed by atoms with Crippen molar-refractivity contribution in [2.45, 2.75) is 18.2 Å². The minimum atomic E-state index is -3.49. The molecular formula is C10H11ClO4S. The highest BCUT2D eigenvalue weighted by atomic mass is 35.5. The van der Waals surface area contributed by atoms with Crippen LogP contribution in [0.2, 0.25) is 5.02 Å². The third-order valence-electron chi connectivity index (χ3n) is 1.99. The fourth-order valence-corrected chi connectivity index (χ4v) is 3.15. The minimum Gasteiger partial charge on any atom is -0.478 e. The Bertz CT molecular complexity index is 508. The van der Waals surface area contributed by atoms with Crippen molar-refractivity contribution >= 4 is 27.4 Å². The summed E-state index contributed by atoms with van der Waals surface area (Å²) in [6.45, 7) is 1.73. The number of carboxylic acid groups (broad SMARTS) is 1. The van der Waals surface area contributed by atoms with Gasteiger partial charge in [0.1, 0.15) is 0 Å². The highest BCUT2D eigenvalue weighted by molar-refractivity contribution is 7.91. The lowest BCUT2D eigenvalue weighted by Crippen LogP contribution is -2.08. The number of benzene rings is 1. The van der Waals surface area contributed by atoms with Gasteiger partial charge >= 0.3 is 5.97 Å². The molecule has 4 nitrogen and oxygen atoms in total. The number of hydrogen-bond donors (Lipinski definition) is 1. The summed E-state index contributed by atoms with van der Waals surface area (Å²) < 4.78 is 23.5. The largest absolute Gasteiger partial charge is 0.478 e. The summed E-state index contributed by atoms with van der Waals surface area (Å²) in [5.41, 5.74) is -0.0842. The van der Waals surface area contributed by atoms with E-state index in [1.165, 1.54) is 12.1 Å². The van der Waals surface area contributed by atoms with Crippen LogP contribution in [0.3, 0.4) is 0 Å². The lowest BCUT2D eigenvalue weighted by Gasteiger charge is -2.06. The molecule has 0 amide bonds. The maximum absolute atomic E-state index is 11.8. The molecule has 0 aliphatic heterocycles. The molecule has 0 heterocycles. The molecule has 0 saturated carbocycles. The fraction of sp³-hybridized carbons (Fsp3) is 0.300. The zero-order valence-corrected chi connectivity index (χ0v) is 10.2. The van der Waals surface area contributed by atoms with Gasteiger partial charge in [-0.3, -0.25) is 0 Å². The third-order valence-corrected chi connectivity index (χ3v) is 4.38. The predicted molar refractivity (Wildman–Crippen MR) is 60.8 cm³/mol. The number of halogens is 1. The van der Waals surface area contributed by atoms with Crippen molar-refractivity contribution in [2.24, 2.45) is 0 Å². The van der Waals surface area contributed by atoms with E-state index in [0.717, 1.165) is 6.07 Å².